The molecule has 0 aliphatic heterocycles. The maximum Gasteiger partial charge on any atom is 0.235 e. The summed E-state index contributed by atoms with van der Waals surface area (Å²) in [5, 5.41) is 17.8. The van der Waals surface area contributed by atoms with Crippen molar-refractivity contribution in [1.82, 2.24) is 0 Å². The summed E-state index contributed by atoms with van der Waals surface area (Å²) in [6.07, 6.45) is 0.461. The average Bonchev–Trinajstić information content (AvgIpc) is 2.96. The molecule has 4 rings (SSSR count). The van der Waals surface area contributed by atoms with Gasteiger partial charge in [0.1, 0.15) is 11.7 Å². The smallest absolute Gasteiger partial charge is 0.235 e. The van der Waals surface area contributed by atoms with Gasteiger partial charge in [-0.05, 0) is 106 Å². The van der Waals surface area contributed by atoms with Crippen molar-refractivity contribution in [1.29, 1.82) is 0 Å². The fourth-order valence-electron chi connectivity index (χ4n) is 6.18. The third kappa shape index (κ3) is 7.97. The number of Topliss-reactive ketones (excluding diaryl/α,β-unsaturated/α-hetero) is 1. The Hall–Kier alpha value is -4.17. The topological polar surface area (TPSA) is 114 Å². The van der Waals surface area contributed by atoms with E-state index in [0.717, 1.165) is 28.7 Å². The third-order valence-electron chi connectivity index (χ3n) is 8.74. The number of carbonyl (C=O) groups is 3. The molecule has 3 aromatic carbocycles. The van der Waals surface area contributed by atoms with Crippen LogP contribution >= 0.6 is 0 Å². The van der Waals surface area contributed by atoms with Crippen LogP contribution < -0.4 is 20.1 Å². The van der Waals surface area contributed by atoms with Crippen LogP contribution in [0.1, 0.15) is 74.3 Å². The lowest BCUT2D eigenvalue weighted by Crippen LogP contribution is -2.56. The average molecular weight is 629 g/mol. The van der Waals surface area contributed by atoms with Gasteiger partial charge >= 0.3 is 0 Å². The Morgan fingerprint density at radius 1 is 0.870 bits per heavy atom. The number of aryl methyl sites for hydroxylation is 4. The molecule has 1 fully saturated rings. The Labute approximate surface area is 272 Å². The minimum atomic E-state index is -1.74. The highest BCUT2D eigenvalue weighted by Crippen LogP contribution is 2.48. The number of ether oxygens (including phenoxy) is 2. The third-order valence-corrected chi connectivity index (χ3v) is 8.74. The summed E-state index contributed by atoms with van der Waals surface area (Å²) in [6, 6.07) is 16.7. The molecule has 4 atom stereocenters. The second kappa shape index (κ2) is 14.5. The number of hydrogen-bond donors (Lipinski definition) is 3. The number of aliphatic hydroxyl groups is 1. The summed E-state index contributed by atoms with van der Waals surface area (Å²) in [5.74, 6) is -3.45. The molecule has 0 heterocycles. The van der Waals surface area contributed by atoms with E-state index in [0.29, 0.717) is 47.6 Å². The first kappa shape index (κ1) is 34.7. The van der Waals surface area contributed by atoms with E-state index in [4.69, 9.17) is 9.47 Å². The molecule has 4 unspecified atom stereocenters. The molecule has 0 saturated heterocycles. The SMILES string of the molecule is CCOc1ccc(C2C(C(=O)Nc3cc(C)ccc3C)C(=O)CC(C)(O)C2C(=O)Nc2cc(C)ccc2C)cc1OCCC(C)C. The van der Waals surface area contributed by atoms with Gasteiger partial charge in [-0.25, -0.2) is 0 Å². The quantitative estimate of drug-likeness (QED) is 0.196. The monoisotopic (exact) mass is 628 g/mol. The molecule has 1 aliphatic carbocycles. The number of hydrogen-bond acceptors (Lipinski definition) is 6. The van der Waals surface area contributed by atoms with Crippen LogP contribution in [-0.4, -0.2) is 41.5 Å². The van der Waals surface area contributed by atoms with Crippen molar-refractivity contribution in [3.05, 3.63) is 82.4 Å². The second-order valence-electron chi connectivity index (χ2n) is 13.3. The Balaban J connectivity index is 1.85. The van der Waals surface area contributed by atoms with E-state index in [1.54, 1.807) is 18.2 Å². The van der Waals surface area contributed by atoms with Gasteiger partial charge in [0.05, 0.1) is 24.7 Å². The van der Waals surface area contributed by atoms with Crippen LogP contribution in [0.15, 0.2) is 54.6 Å². The molecule has 8 heteroatoms. The van der Waals surface area contributed by atoms with E-state index in [1.807, 2.05) is 71.0 Å². The van der Waals surface area contributed by atoms with E-state index in [-0.39, 0.29) is 6.42 Å². The minimum absolute atomic E-state index is 0.353. The molecule has 1 saturated carbocycles. The van der Waals surface area contributed by atoms with Crippen molar-refractivity contribution in [3.63, 3.8) is 0 Å². The predicted molar refractivity (Wildman–Crippen MR) is 182 cm³/mol. The molecule has 8 nitrogen and oxygen atoms in total. The highest BCUT2D eigenvalue weighted by atomic mass is 16.5. The molecule has 0 bridgehead atoms. The first-order chi connectivity index (χ1) is 21.7. The Bertz CT molecular complexity index is 1590. The maximum atomic E-state index is 14.3. The molecule has 1 aliphatic rings. The zero-order chi connectivity index (χ0) is 33.8. The second-order valence-corrected chi connectivity index (χ2v) is 13.3. The number of nitrogens with one attached hydrogen (secondary N) is 2. The highest BCUT2D eigenvalue weighted by molar-refractivity contribution is 6.10. The molecule has 3 N–H and O–H groups in total. The summed E-state index contributed by atoms with van der Waals surface area (Å²) in [7, 11) is 0. The van der Waals surface area contributed by atoms with Crippen LogP contribution in [0.5, 0.6) is 11.5 Å². The summed E-state index contributed by atoms with van der Waals surface area (Å²) in [5.41, 5.74) is 3.60. The lowest BCUT2D eigenvalue weighted by Gasteiger charge is -2.44. The van der Waals surface area contributed by atoms with Gasteiger partial charge in [0.25, 0.3) is 0 Å². The highest BCUT2D eigenvalue weighted by Gasteiger charge is 2.56. The van der Waals surface area contributed by atoms with Crippen molar-refractivity contribution in [2.75, 3.05) is 23.8 Å². The van der Waals surface area contributed by atoms with Crippen molar-refractivity contribution in [2.45, 2.75) is 79.8 Å². The molecule has 3 aromatic rings. The van der Waals surface area contributed by atoms with Crippen LogP contribution in [0, 0.1) is 45.4 Å². The number of anilines is 2. The first-order valence-electron chi connectivity index (χ1n) is 16.1. The fraction of sp³-hybridized carbons (Fsp3) is 0.447. The molecular weight excluding hydrogens is 580 g/mol. The number of ketones is 1. The van der Waals surface area contributed by atoms with Crippen LogP contribution in [-0.2, 0) is 14.4 Å². The molecular formula is C38H48N2O6. The van der Waals surface area contributed by atoms with Gasteiger partial charge in [0.2, 0.25) is 11.8 Å². The van der Waals surface area contributed by atoms with Crippen LogP contribution in [0.2, 0.25) is 0 Å². The maximum absolute atomic E-state index is 14.3. The van der Waals surface area contributed by atoms with Crippen LogP contribution in [0.4, 0.5) is 11.4 Å². The van der Waals surface area contributed by atoms with Gasteiger partial charge in [-0.3, -0.25) is 14.4 Å². The number of amides is 2. The van der Waals surface area contributed by atoms with E-state index in [9.17, 15) is 19.5 Å². The number of benzene rings is 3. The van der Waals surface area contributed by atoms with Gasteiger partial charge in [-0.15, -0.1) is 0 Å². The summed E-state index contributed by atoms with van der Waals surface area (Å²) < 4.78 is 12.0. The molecule has 0 spiro atoms. The van der Waals surface area contributed by atoms with E-state index >= 15 is 0 Å². The standard InChI is InChI=1S/C38H48N2O6/c1-9-45-31-15-14-27(20-32(31)46-17-16-22(2)3)33-34(36(42)39-28-18-23(4)10-12-25(28)6)30(41)21-38(8,44)35(33)37(43)40-29-19-24(5)11-13-26(29)7/h10-15,18-20,22,33-35,44H,9,16-17,21H2,1-8H3,(H,39,42)(H,40,43). The predicted octanol–water partition coefficient (Wildman–Crippen LogP) is 7.06. The van der Waals surface area contributed by atoms with E-state index in [1.165, 1.54) is 6.92 Å². The van der Waals surface area contributed by atoms with Crippen LogP contribution in [0.25, 0.3) is 0 Å². The Morgan fingerprint density at radius 2 is 1.46 bits per heavy atom. The van der Waals surface area contributed by atoms with Gasteiger partial charge in [-0.2, -0.15) is 0 Å². The van der Waals surface area contributed by atoms with Crippen LogP contribution in [0.3, 0.4) is 0 Å². The molecule has 2 amide bonds. The van der Waals surface area contributed by atoms with Crippen molar-refractivity contribution >= 4 is 29.0 Å². The molecule has 246 valence electrons. The first-order valence-corrected chi connectivity index (χ1v) is 16.1. The largest absolute Gasteiger partial charge is 0.490 e. The summed E-state index contributed by atoms with van der Waals surface area (Å²) in [4.78, 5) is 42.4. The lowest BCUT2D eigenvalue weighted by atomic mass is 9.61. The van der Waals surface area contributed by atoms with Gasteiger partial charge in [0.15, 0.2) is 11.5 Å². The van der Waals surface area contributed by atoms with Crippen molar-refractivity contribution in [2.24, 2.45) is 17.8 Å². The zero-order valence-corrected chi connectivity index (χ0v) is 28.3. The minimum Gasteiger partial charge on any atom is -0.490 e. The fourth-order valence-corrected chi connectivity index (χ4v) is 6.18. The Morgan fingerprint density at radius 3 is 2.02 bits per heavy atom. The van der Waals surface area contributed by atoms with E-state index < -0.39 is 41.0 Å². The lowest BCUT2D eigenvalue weighted by molar-refractivity contribution is -0.150. The summed E-state index contributed by atoms with van der Waals surface area (Å²) >= 11 is 0. The number of rotatable bonds is 11. The Kier molecular flexibility index (Phi) is 10.9. The van der Waals surface area contributed by atoms with E-state index in [2.05, 4.69) is 24.5 Å². The molecule has 46 heavy (non-hydrogen) atoms. The zero-order valence-electron chi connectivity index (χ0n) is 28.3. The number of carbonyl (C=O) groups excluding carboxylic acids is 3. The molecule has 0 aromatic heterocycles. The van der Waals surface area contributed by atoms with Crippen molar-refractivity contribution < 1.29 is 29.0 Å². The molecule has 0 radical (unpaired) electrons. The summed E-state index contributed by atoms with van der Waals surface area (Å²) in [6.45, 7) is 16.1. The van der Waals surface area contributed by atoms with Crippen molar-refractivity contribution in [3.8, 4) is 11.5 Å². The normalized spacial score (nSPS) is 21.2. The van der Waals surface area contributed by atoms with Gasteiger partial charge < -0.3 is 25.2 Å². The van der Waals surface area contributed by atoms with Gasteiger partial charge in [0, 0.05) is 23.7 Å². The van der Waals surface area contributed by atoms with Gasteiger partial charge in [-0.1, -0.05) is 44.2 Å².